The molecule has 2 aromatic heterocycles. The van der Waals surface area contributed by atoms with Crippen molar-refractivity contribution in [2.75, 3.05) is 6.54 Å². The lowest BCUT2D eigenvalue weighted by molar-refractivity contribution is 0.0780. The van der Waals surface area contributed by atoms with Crippen molar-refractivity contribution in [3.05, 3.63) is 89.9 Å². The van der Waals surface area contributed by atoms with E-state index in [1.54, 1.807) is 12.4 Å². The van der Waals surface area contributed by atoms with Crippen LogP contribution in [0.1, 0.15) is 35.5 Å². The van der Waals surface area contributed by atoms with E-state index in [2.05, 4.69) is 17.1 Å². The molecule has 0 atom stereocenters. The Bertz CT molecular complexity index is 1280. The first-order chi connectivity index (χ1) is 15.6. The molecule has 0 N–H and O–H groups in total. The lowest BCUT2D eigenvalue weighted by Gasteiger charge is -2.16. The number of nitrogens with zero attached hydrogens (tertiary/aromatic N) is 3. The van der Waals surface area contributed by atoms with E-state index in [0.717, 1.165) is 44.6 Å². The van der Waals surface area contributed by atoms with Crippen LogP contribution >= 0.6 is 0 Å². The number of hydrogen-bond donors (Lipinski definition) is 0. The van der Waals surface area contributed by atoms with Crippen LogP contribution in [0.4, 0.5) is 0 Å². The highest BCUT2D eigenvalue weighted by Gasteiger charge is 2.33. The summed E-state index contributed by atoms with van der Waals surface area (Å²) in [6.07, 6.45) is 4.25. The number of aromatic nitrogens is 2. The largest absolute Gasteiger partial charge is 0.491 e. The number of carbonyl (C=O) groups is 1. The summed E-state index contributed by atoms with van der Waals surface area (Å²) in [5.41, 5.74) is 5.58. The van der Waals surface area contributed by atoms with E-state index in [9.17, 15) is 4.79 Å². The second-order valence-corrected chi connectivity index (χ2v) is 8.34. The van der Waals surface area contributed by atoms with Gasteiger partial charge in [-0.2, -0.15) is 0 Å². The molecule has 0 bridgehead atoms. The Labute approximate surface area is 187 Å². The van der Waals surface area contributed by atoms with Crippen molar-refractivity contribution in [1.29, 1.82) is 0 Å². The molecule has 2 aromatic carbocycles. The molecule has 4 aromatic rings. The van der Waals surface area contributed by atoms with Gasteiger partial charge in [-0.3, -0.25) is 14.8 Å². The summed E-state index contributed by atoms with van der Waals surface area (Å²) in [7, 11) is 0. The van der Waals surface area contributed by atoms with E-state index in [0.29, 0.717) is 19.5 Å². The Balaban J connectivity index is 1.44. The second-order valence-electron chi connectivity index (χ2n) is 8.34. The summed E-state index contributed by atoms with van der Waals surface area (Å²) in [5.74, 6) is 0.828. The Morgan fingerprint density at radius 1 is 1.00 bits per heavy atom. The highest BCUT2D eigenvalue weighted by atomic mass is 16.5. The number of rotatable bonds is 6. The summed E-state index contributed by atoms with van der Waals surface area (Å²) in [6, 6.07) is 20.1. The minimum atomic E-state index is 0.0387. The van der Waals surface area contributed by atoms with Crippen molar-refractivity contribution in [1.82, 2.24) is 14.9 Å². The van der Waals surface area contributed by atoms with Gasteiger partial charge >= 0.3 is 0 Å². The molecule has 0 saturated carbocycles. The molecule has 1 aliphatic heterocycles. The molecular weight excluding hydrogens is 398 g/mol. The highest BCUT2D eigenvalue weighted by Crippen LogP contribution is 2.38. The van der Waals surface area contributed by atoms with Gasteiger partial charge in [0, 0.05) is 42.0 Å². The minimum Gasteiger partial charge on any atom is -0.491 e. The molecule has 5 heteroatoms. The molecule has 0 aliphatic carbocycles. The molecule has 160 valence electrons. The van der Waals surface area contributed by atoms with Crippen molar-refractivity contribution in [3.63, 3.8) is 0 Å². The molecule has 0 unspecified atom stereocenters. The van der Waals surface area contributed by atoms with E-state index >= 15 is 0 Å². The number of pyridine rings is 2. The van der Waals surface area contributed by atoms with Crippen LogP contribution < -0.4 is 4.74 Å². The van der Waals surface area contributed by atoms with Crippen LogP contribution in [-0.2, 0) is 13.0 Å². The maximum atomic E-state index is 13.5. The van der Waals surface area contributed by atoms with Gasteiger partial charge in [0.25, 0.3) is 5.91 Å². The zero-order chi connectivity index (χ0) is 22.1. The Kier molecular flexibility index (Phi) is 5.31. The molecule has 1 aliphatic rings. The van der Waals surface area contributed by atoms with E-state index < -0.39 is 0 Å². The molecule has 0 radical (unpaired) electrons. The van der Waals surface area contributed by atoms with E-state index in [1.807, 2.05) is 67.3 Å². The van der Waals surface area contributed by atoms with Gasteiger partial charge in [-0.1, -0.05) is 24.3 Å². The highest BCUT2D eigenvalue weighted by molar-refractivity contribution is 6.05. The standard InChI is InChI=1S/C27H25N3O2/c1-18(2)32-25-10-9-22(19-11-14-28-15-12-19)26-23(25)17-30(27(26)31)16-13-21-8-7-20-5-3-4-6-24(20)29-21/h3-12,14-15,18H,13,16-17H2,1-2H3. The number of fused-ring (bicyclic) bond motifs is 2. The summed E-state index contributed by atoms with van der Waals surface area (Å²) >= 11 is 0. The van der Waals surface area contributed by atoms with Crippen LogP contribution in [0, 0.1) is 0 Å². The molecule has 5 rings (SSSR count). The normalized spacial score (nSPS) is 13.1. The maximum absolute atomic E-state index is 13.5. The second kappa shape index (κ2) is 8.42. The van der Waals surface area contributed by atoms with Crippen LogP contribution in [0.5, 0.6) is 5.75 Å². The third-order valence-electron chi connectivity index (χ3n) is 5.77. The third kappa shape index (κ3) is 3.82. The number of para-hydroxylation sites is 1. The first-order valence-electron chi connectivity index (χ1n) is 11.0. The van der Waals surface area contributed by atoms with Crippen LogP contribution in [0.15, 0.2) is 73.1 Å². The fourth-order valence-corrected chi connectivity index (χ4v) is 4.26. The van der Waals surface area contributed by atoms with Crippen LogP contribution in [0.3, 0.4) is 0 Å². The molecule has 5 nitrogen and oxygen atoms in total. The molecule has 3 heterocycles. The zero-order valence-electron chi connectivity index (χ0n) is 18.3. The molecule has 32 heavy (non-hydrogen) atoms. The SMILES string of the molecule is CC(C)Oc1ccc(-c2ccncc2)c2c1CN(CCc1ccc3ccccc3n1)C2=O. The first-order valence-corrected chi connectivity index (χ1v) is 11.0. The molecule has 0 spiro atoms. The molecular formula is C27H25N3O2. The monoisotopic (exact) mass is 423 g/mol. The number of hydrogen-bond acceptors (Lipinski definition) is 4. The lowest BCUT2D eigenvalue weighted by atomic mass is 9.96. The summed E-state index contributed by atoms with van der Waals surface area (Å²) in [6.45, 7) is 5.16. The number of ether oxygens (including phenoxy) is 1. The smallest absolute Gasteiger partial charge is 0.255 e. The Morgan fingerprint density at radius 2 is 1.81 bits per heavy atom. The summed E-state index contributed by atoms with van der Waals surface area (Å²) in [4.78, 5) is 24.3. The predicted octanol–water partition coefficient (Wildman–Crippen LogP) is 5.28. The summed E-state index contributed by atoms with van der Waals surface area (Å²) in [5, 5.41) is 1.12. The average Bonchev–Trinajstić information content (AvgIpc) is 3.15. The van der Waals surface area contributed by atoms with Crippen molar-refractivity contribution >= 4 is 16.8 Å². The van der Waals surface area contributed by atoms with Crippen molar-refractivity contribution < 1.29 is 9.53 Å². The molecule has 0 saturated heterocycles. The van der Waals surface area contributed by atoms with Gasteiger partial charge in [-0.15, -0.1) is 0 Å². The van der Waals surface area contributed by atoms with E-state index in [4.69, 9.17) is 9.72 Å². The number of carbonyl (C=O) groups excluding carboxylic acids is 1. The fraction of sp³-hybridized carbons (Fsp3) is 0.222. The van der Waals surface area contributed by atoms with Gasteiger partial charge in [-0.05, 0) is 61.4 Å². The quantitative estimate of drug-likeness (QED) is 0.423. The fourth-order valence-electron chi connectivity index (χ4n) is 4.26. The van der Waals surface area contributed by atoms with Gasteiger partial charge in [0.1, 0.15) is 5.75 Å². The van der Waals surface area contributed by atoms with Crippen molar-refractivity contribution in [3.8, 4) is 16.9 Å². The lowest BCUT2D eigenvalue weighted by Crippen LogP contribution is -2.26. The van der Waals surface area contributed by atoms with Gasteiger partial charge in [0.15, 0.2) is 0 Å². The summed E-state index contributed by atoms with van der Waals surface area (Å²) < 4.78 is 6.05. The average molecular weight is 424 g/mol. The Hall–Kier alpha value is -3.73. The van der Waals surface area contributed by atoms with Crippen LogP contribution in [-0.4, -0.2) is 33.4 Å². The van der Waals surface area contributed by atoms with Gasteiger partial charge in [0.2, 0.25) is 0 Å². The van der Waals surface area contributed by atoms with E-state index in [1.165, 1.54) is 0 Å². The van der Waals surface area contributed by atoms with Crippen LogP contribution in [0.2, 0.25) is 0 Å². The van der Waals surface area contributed by atoms with Crippen molar-refractivity contribution in [2.24, 2.45) is 0 Å². The van der Waals surface area contributed by atoms with Crippen LogP contribution in [0.25, 0.3) is 22.0 Å². The number of amides is 1. The Morgan fingerprint density at radius 3 is 2.62 bits per heavy atom. The first kappa shape index (κ1) is 20.2. The third-order valence-corrected chi connectivity index (χ3v) is 5.77. The van der Waals surface area contributed by atoms with Gasteiger partial charge in [0.05, 0.1) is 23.7 Å². The van der Waals surface area contributed by atoms with Gasteiger partial charge < -0.3 is 9.64 Å². The van der Waals surface area contributed by atoms with Gasteiger partial charge in [-0.25, -0.2) is 0 Å². The molecule has 1 amide bonds. The number of benzene rings is 2. The topological polar surface area (TPSA) is 55.3 Å². The zero-order valence-corrected chi connectivity index (χ0v) is 18.3. The minimum absolute atomic E-state index is 0.0387. The predicted molar refractivity (Wildman–Crippen MR) is 126 cm³/mol. The van der Waals surface area contributed by atoms with E-state index in [-0.39, 0.29) is 12.0 Å². The maximum Gasteiger partial charge on any atom is 0.255 e. The van der Waals surface area contributed by atoms with Crippen molar-refractivity contribution in [2.45, 2.75) is 32.9 Å². The molecule has 0 fully saturated rings.